The minimum absolute atomic E-state index is 0.0257. The molecule has 0 bridgehead atoms. The highest BCUT2D eigenvalue weighted by molar-refractivity contribution is 6.04. The largest absolute Gasteiger partial charge is 0.494 e. The van der Waals surface area contributed by atoms with Crippen molar-refractivity contribution in [2.45, 2.75) is 77.8 Å². The van der Waals surface area contributed by atoms with Crippen LogP contribution in [0.2, 0.25) is 0 Å². The number of nitrogens with one attached hydrogen (secondary N) is 4. The summed E-state index contributed by atoms with van der Waals surface area (Å²) in [5.74, 6) is -1.11. The molecule has 0 aliphatic carbocycles. The molecular formula is C47H58N10O7. The van der Waals surface area contributed by atoms with Crippen LogP contribution in [-0.4, -0.2) is 116 Å². The number of likely N-dealkylation sites (tertiary alicyclic amines) is 1. The molecule has 17 heteroatoms. The van der Waals surface area contributed by atoms with Crippen molar-refractivity contribution in [3.05, 3.63) is 96.4 Å². The van der Waals surface area contributed by atoms with E-state index in [2.05, 4.69) is 48.1 Å². The summed E-state index contributed by atoms with van der Waals surface area (Å²) in [4.78, 5) is 62.7. The quantitative estimate of drug-likeness (QED) is 0.103. The van der Waals surface area contributed by atoms with E-state index in [0.717, 1.165) is 22.5 Å². The zero-order chi connectivity index (χ0) is 45.7. The number of ether oxygens (including phenoxy) is 2. The highest BCUT2D eigenvalue weighted by Gasteiger charge is 2.45. The molecule has 2 aromatic carbocycles. The number of hydrogen-bond donors (Lipinski definition) is 5. The Kier molecular flexibility index (Phi) is 13.8. The van der Waals surface area contributed by atoms with Crippen LogP contribution in [0.25, 0.3) is 22.6 Å². The first-order valence-corrected chi connectivity index (χ1v) is 21.6. The van der Waals surface area contributed by atoms with Gasteiger partial charge in [0.05, 0.1) is 42.4 Å². The third-order valence-electron chi connectivity index (χ3n) is 12.0. The molecule has 3 aromatic heterocycles. The Hall–Kier alpha value is -6.59. The van der Waals surface area contributed by atoms with Crippen LogP contribution in [0.1, 0.15) is 69.6 Å². The second-order valence-corrected chi connectivity index (χ2v) is 17.7. The number of carbonyl (C=O) groups is 4. The number of methoxy groups -OCH3 is 1. The van der Waals surface area contributed by atoms with Gasteiger partial charge in [0, 0.05) is 57.3 Å². The van der Waals surface area contributed by atoms with E-state index < -0.39 is 35.4 Å². The molecule has 0 spiro atoms. The Balaban J connectivity index is 0.914. The van der Waals surface area contributed by atoms with Crippen molar-refractivity contribution in [1.29, 1.82) is 0 Å². The molecule has 17 nitrogen and oxygen atoms in total. The minimum atomic E-state index is -0.980. The van der Waals surface area contributed by atoms with Gasteiger partial charge in [-0.25, -0.2) is 4.98 Å². The van der Waals surface area contributed by atoms with Crippen molar-refractivity contribution >= 4 is 35.0 Å². The van der Waals surface area contributed by atoms with Gasteiger partial charge < -0.3 is 40.3 Å². The van der Waals surface area contributed by atoms with Gasteiger partial charge in [-0.2, -0.15) is 10.2 Å². The number of nitrogens with zero attached hydrogens (tertiary/aromatic N) is 6. The molecule has 0 saturated carbocycles. The number of aliphatic hydroxyl groups excluding tert-OH is 1. The summed E-state index contributed by atoms with van der Waals surface area (Å²) in [6.07, 6.45) is 3.05. The number of aliphatic hydroxyl groups is 1. The Bertz CT molecular complexity index is 2430. The Labute approximate surface area is 372 Å². The Morgan fingerprint density at radius 2 is 1.77 bits per heavy atom. The molecule has 4 amide bonds. The fourth-order valence-corrected chi connectivity index (χ4v) is 8.38. The van der Waals surface area contributed by atoms with Crippen LogP contribution in [0, 0.1) is 11.3 Å². The van der Waals surface area contributed by atoms with Crippen LogP contribution in [0.5, 0.6) is 5.75 Å². The van der Waals surface area contributed by atoms with E-state index in [1.54, 1.807) is 54.5 Å². The Morgan fingerprint density at radius 1 is 0.984 bits per heavy atom. The molecule has 2 aliphatic rings. The second-order valence-electron chi connectivity index (χ2n) is 17.7. The third-order valence-corrected chi connectivity index (χ3v) is 12.0. The van der Waals surface area contributed by atoms with Crippen molar-refractivity contribution in [2.75, 3.05) is 43.6 Å². The first kappa shape index (κ1) is 45.4. The summed E-state index contributed by atoms with van der Waals surface area (Å²) in [7, 11) is 3.43. The first-order valence-electron chi connectivity index (χ1n) is 21.6. The van der Waals surface area contributed by atoms with Gasteiger partial charge in [-0.05, 0) is 72.2 Å². The van der Waals surface area contributed by atoms with Crippen molar-refractivity contribution in [1.82, 2.24) is 40.5 Å². The van der Waals surface area contributed by atoms with E-state index in [0.29, 0.717) is 42.3 Å². The standard InChI is InChI=1S/C47H58N10O7/c1-28-25-56(32-15-16-36(41(23-32)63-7)52-44(60)37-10-8-9-34(51-37)35-17-20-48-54-35)22-19-40(28)64-27-42(59)53-43(47(3,4)5)46(62)57-26-33(58)24-39(57)45(61)50-29(2)30-11-13-31(14-12-30)38-18-21-49-55(38)6/h8-18,20-21,23,28-29,33,39-40,43,58H,19,22,24-27H2,1-7H3,(H,48,54)(H,50,61)(H,52,60)(H,53,59)/t28-,29+,33-,39+,40+,43-/m1/s1. The number of hydrogen-bond acceptors (Lipinski definition) is 11. The lowest BCUT2D eigenvalue weighted by atomic mass is 9.85. The maximum atomic E-state index is 14.2. The number of anilines is 2. The SMILES string of the molecule is COc1cc(N2CC[C@H](OCC(=O)N[C@H](C(=O)N3C[C@H](O)C[C@H]3C(=O)N[C@@H](C)c3ccc(-c4ccnn4C)cc3)C(C)(C)C)[C@H](C)C2)ccc1NC(=O)c1cccc(-c2cc[nH]n2)n1. The smallest absolute Gasteiger partial charge is 0.274 e. The second kappa shape index (κ2) is 19.4. The van der Waals surface area contributed by atoms with E-state index in [9.17, 15) is 24.3 Å². The molecule has 7 rings (SSSR count). The van der Waals surface area contributed by atoms with Crippen LogP contribution in [0.3, 0.4) is 0 Å². The molecule has 2 saturated heterocycles. The van der Waals surface area contributed by atoms with Gasteiger partial charge in [0.2, 0.25) is 17.7 Å². The topological polar surface area (TPSA) is 209 Å². The molecule has 2 aliphatic heterocycles. The minimum Gasteiger partial charge on any atom is -0.494 e. The molecule has 0 radical (unpaired) electrons. The first-order chi connectivity index (χ1) is 30.6. The average molecular weight is 875 g/mol. The number of aromatic nitrogens is 5. The van der Waals surface area contributed by atoms with Gasteiger partial charge in [0.15, 0.2) is 0 Å². The fourth-order valence-electron chi connectivity index (χ4n) is 8.38. The van der Waals surface area contributed by atoms with Crippen LogP contribution < -0.4 is 25.6 Å². The molecule has 0 unspecified atom stereocenters. The molecule has 5 heterocycles. The molecule has 2 fully saturated rings. The number of piperidine rings is 1. The maximum Gasteiger partial charge on any atom is 0.274 e. The molecule has 5 N–H and O–H groups in total. The molecule has 338 valence electrons. The molecule has 64 heavy (non-hydrogen) atoms. The van der Waals surface area contributed by atoms with Gasteiger partial charge in [0.25, 0.3) is 5.91 Å². The van der Waals surface area contributed by atoms with Crippen molar-refractivity contribution in [3.8, 4) is 28.4 Å². The number of β-amino-alcohol motifs (C(OH)–C–C–N with tert-alkyl or cyclic N) is 1. The van der Waals surface area contributed by atoms with E-state index in [1.807, 2.05) is 77.2 Å². The lowest BCUT2D eigenvalue weighted by Crippen LogP contribution is -2.58. The zero-order valence-corrected chi connectivity index (χ0v) is 37.4. The van der Waals surface area contributed by atoms with Crippen molar-refractivity contribution < 1.29 is 33.8 Å². The molecule has 5 aromatic rings. The lowest BCUT2D eigenvalue weighted by Gasteiger charge is -2.38. The summed E-state index contributed by atoms with van der Waals surface area (Å²) in [5.41, 5.74) is 4.98. The highest BCUT2D eigenvalue weighted by atomic mass is 16.5. The predicted molar refractivity (Wildman–Crippen MR) is 241 cm³/mol. The van der Waals surface area contributed by atoms with E-state index >= 15 is 0 Å². The normalized spacial score (nSPS) is 19.8. The number of aromatic amines is 1. The maximum absolute atomic E-state index is 14.2. The van der Waals surface area contributed by atoms with E-state index in [4.69, 9.17) is 9.47 Å². The number of pyridine rings is 1. The van der Waals surface area contributed by atoms with Crippen LogP contribution in [-0.2, 0) is 26.2 Å². The van der Waals surface area contributed by atoms with Crippen LogP contribution in [0.15, 0.2) is 85.2 Å². The summed E-state index contributed by atoms with van der Waals surface area (Å²) < 4.78 is 13.7. The van der Waals surface area contributed by atoms with Crippen molar-refractivity contribution in [3.63, 3.8) is 0 Å². The number of carbonyl (C=O) groups excluding carboxylic acids is 4. The predicted octanol–water partition coefficient (Wildman–Crippen LogP) is 4.73. The zero-order valence-electron chi connectivity index (χ0n) is 37.4. The van der Waals surface area contributed by atoms with E-state index in [-0.39, 0.29) is 55.1 Å². The number of amides is 4. The van der Waals surface area contributed by atoms with E-state index in [1.165, 1.54) is 4.90 Å². The van der Waals surface area contributed by atoms with Crippen molar-refractivity contribution in [2.24, 2.45) is 18.4 Å². The highest BCUT2D eigenvalue weighted by Crippen LogP contribution is 2.33. The van der Waals surface area contributed by atoms with Gasteiger partial charge in [-0.3, -0.25) is 29.0 Å². The summed E-state index contributed by atoms with van der Waals surface area (Å²) in [6.45, 7) is 10.5. The Morgan fingerprint density at radius 3 is 2.44 bits per heavy atom. The molecule has 6 atom stereocenters. The van der Waals surface area contributed by atoms with Gasteiger partial charge in [0.1, 0.15) is 35.8 Å². The summed E-state index contributed by atoms with van der Waals surface area (Å²) >= 11 is 0. The number of H-pyrrole nitrogens is 1. The summed E-state index contributed by atoms with van der Waals surface area (Å²) in [6, 6.07) is 20.1. The van der Waals surface area contributed by atoms with Crippen LogP contribution >= 0.6 is 0 Å². The number of benzene rings is 2. The molecular weight excluding hydrogens is 817 g/mol. The monoisotopic (exact) mass is 874 g/mol. The van der Waals surface area contributed by atoms with Gasteiger partial charge in [-0.15, -0.1) is 0 Å². The average Bonchev–Trinajstić information content (AvgIpc) is 4.07. The third kappa shape index (κ3) is 10.4. The number of rotatable bonds is 14. The van der Waals surface area contributed by atoms with Crippen LogP contribution in [0.4, 0.5) is 11.4 Å². The van der Waals surface area contributed by atoms with Gasteiger partial charge in [-0.1, -0.05) is 58.0 Å². The lowest BCUT2D eigenvalue weighted by molar-refractivity contribution is -0.145. The summed E-state index contributed by atoms with van der Waals surface area (Å²) in [5, 5.41) is 30.7. The fraction of sp³-hybridized carbons (Fsp3) is 0.426. The van der Waals surface area contributed by atoms with Gasteiger partial charge >= 0.3 is 0 Å². The number of aryl methyl sites for hydroxylation is 1.